The van der Waals surface area contributed by atoms with Crippen LogP contribution in [-0.2, 0) is 0 Å². The number of hydrogen-bond donors (Lipinski definition) is 2. The van der Waals surface area contributed by atoms with Crippen molar-refractivity contribution in [1.29, 1.82) is 0 Å². The molecule has 0 aliphatic carbocycles. The minimum absolute atomic E-state index is 0.340. The first-order valence-corrected chi connectivity index (χ1v) is 10.8. The number of aromatic nitrogens is 2. The van der Waals surface area contributed by atoms with Crippen molar-refractivity contribution in [2.75, 3.05) is 10.6 Å². The monoisotopic (exact) mass is 440 g/mol. The summed E-state index contributed by atoms with van der Waals surface area (Å²) in [7, 11) is 0. The Morgan fingerprint density at radius 3 is 2.72 bits per heavy atom. The molecule has 0 saturated heterocycles. The van der Waals surface area contributed by atoms with Crippen LogP contribution in [0.3, 0.4) is 0 Å². The first kappa shape index (κ1) is 19.7. The van der Waals surface area contributed by atoms with E-state index < -0.39 is 0 Å². The van der Waals surface area contributed by atoms with E-state index in [2.05, 4.69) is 46.6 Å². The third kappa shape index (κ3) is 4.70. The number of benzene rings is 2. The number of rotatable bonds is 4. The fourth-order valence-corrected chi connectivity index (χ4v) is 4.90. The van der Waals surface area contributed by atoms with Gasteiger partial charge in [0.05, 0.1) is 11.7 Å². The number of carbonyl (C=O) groups is 1. The van der Waals surface area contributed by atoms with E-state index in [1.807, 2.05) is 12.3 Å². The van der Waals surface area contributed by atoms with E-state index in [1.165, 1.54) is 22.5 Å². The van der Waals surface area contributed by atoms with Gasteiger partial charge in [-0.25, -0.2) is 9.78 Å². The highest BCUT2D eigenvalue weighted by atomic mass is 35.5. The second kappa shape index (κ2) is 8.41. The Balaban J connectivity index is 1.48. The van der Waals surface area contributed by atoms with Crippen molar-refractivity contribution in [1.82, 2.24) is 9.97 Å². The molecule has 0 bridgehead atoms. The average molecular weight is 441 g/mol. The minimum Gasteiger partial charge on any atom is -0.308 e. The third-order valence-corrected chi connectivity index (χ3v) is 6.62. The van der Waals surface area contributed by atoms with Crippen molar-refractivity contribution in [3.63, 3.8) is 0 Å². The van der Waals surface area contributed by atoms with E-state index in [-0.39, 0.29) is 6.03 Å². The number of nitrogens with zero attached hydrogens (tertiary/aromatic N) is 2. The van der Waals surface area contributed by atoms with Gasteiger partial charge >= 0.3 is 6.03 Å². The number of carbonyl (C=O) groups excluding carboxylic acids is 1. The molecule has 0 spiro atoms. The quantitative estimate of drug-likeness (QED) is 0.368. The van der Waals surface area contributed by atoms with E-state index in [4.69, 9.17) is 11.6 Å². The van der Waals surface area contributed by atoms with Crippen molar-refractivity contribution >= 4 is 62.3 Å². The van der Waals surface area contributed by atoms with Gasteiger partial charge in [-0.1, -0.05) is 40.8 Å². The molecule has 0 fully saturated rings. The maximum absolute atomic E-state index is 12.2. The normalized spacial score (nSPS) is 10.9. The Morgan fingerprint density at radius 2 is 1.90 bits per heavy atom. The Kier molecular flexibility index (Phi) is 5.71. The van der Waals surface area contributed by atoms with E-state index in [0.29, 0.717) is 15.7 Å². The molecule has 4 aromatic rings. The van der Waals surface area contributed by atoms with Gasteiger partial charge in [-0.15, -0.1) is 0 Å². The first-order valence-electron chi connectivity index (χ1n) is 8.81. The number of hydrogen-bond acceptors (Lipinski definition) is 5. The van der Waals surface area contributed by atoms with Crippen LogP contribution in [0.15, 0.2) is 64.1 Å². The van der Waals surface area contributed by atoms with Crippen LogP contribution in [0.5, 0.6) is 0 Å². The van der Waals surface area contributed by atoms with Crippen molar-refractivity contribution in [2.24, 2.45) is 0 Å². The predicted molar refractivity (Wildman–Crippen MR) is 122 cm³/mol. The lowest BCUT2D eigenvalue weighted by atomic mass is 10.1. The van der Waals surface area contributed by atoms with Crippen LogP contribution in [0.1, 0.15) is 11.1 Å². The molecule has 146 valence electrons. The molecule has 0 unspecified atom stereocenters. The van der Waals surface area contributed by atoms with E-state index >= 15 is 0 Å². The van der Waals surface area contributed by atoms with Gasteiger partial charge in [0.2, 0.25) is 0 Å². The number of amides is 2. The molecule has 2 N–H and O–H groups in total. The molecule has 2 aromatic carbocycles. The van der Waals surface area contributed by atoms with Crippen LogP contribution in [0.25, 0.3) is 10.9 Å². The fraction of sp³-hybridized carbons (Fsp3) is 0.0952. The summed E-state index contributed by atoms with van der Waals surface area (Å²) in [5, 5.41) is 7.89. The molecule has 8 heteroatoms. The molecule has 0 aliphatic rings. The van der Waals surface area contributed by atoms with Gasteiger partial charge in [-0.2, -0.15) is 0 Å². The lowest BCUT2D eigenvalue weighted by Gasteiger charge is -2.07. The summed E-state index contributed by atoms with van der Waals surface area (Å²) in [4.78, 5) is 22.2. The molecule has 2 aromatic heterocycles. The molecule has 29 heavy (non-hydrogen) atoms. The molecule has 0 atom stereocenters. The Bertz CT molecular complexity index is 1210. The van der Waals surface area contributed by atoms with Crippen molar-refractivity contribution < 1.29 is 4.79 Å². The second-order valence-corrected chi connectivity index (χ2v) is 9.20. The number of aryl methyl sites for hydroxylation is 2. The smallest absolute Gasteiger partial charge is 0.308 e. The van der Waals surface area contributed by atoms with Crippen LogP contribution in [0.2, 0.25) is 5.02 Å². The molecule has 0 saturated carbocycles. The lowest BCUT2D eigenvalue weighted by Crippen LogP contribution is -2.18. The lowest BCUT2D eigenvalue weighted by molar-refractivity contribution is 0.262. The van der Waals surface area contributed by atoms with Crippen LogP contribution < -0.4 is 10.6 Å². The largest absolute Gasteiger partial charge is 0.324 e. The van der Waals surface area contributed by atoms with Gasteiger partial charge in [-0.3, -0.25) is 10.3 Å². The number of nitrogens with one attached hydrogen (secondary N) is 2. The van der Waals surface area contributed by atoms with Crippen LogP contribution in [0, 0.1) is 13.8 Å². The standard InChI is InChI=1S/C21H17ClN4OS2/c1-12-8-16-17(9-13(12)2)23-7-6-18(16)28-21-24-11-19(29-21)26-20(27)25-15-5-3-4-14(22)10-15/h3-11H,1-2H3,(H2,25,26,27). The van der Waals surface area contributed by atoms with E-state index in [1.54, 1.807) is 42.2 Å². The van der Waals surface area contributed by atoms with Gasteiger partial charge in [-0.05, 0) is 61.4 Å². The number of pyridine rings is 1. The number of urea groups is 1. The van der Waals surface area contributed by atoms with E-state index in [9.17, 15) is 4.79 Å². The summed E-state index contributed by atoms with van der Waals surface area (Å²) in [6.07, 6.45) is 3.47. The molecule has 2 amide bonds. The van der Waals surface area contributed by atoms with Crippen LogP contribution in [-0.4, -0.2) is 16.0 Å². The SMILES string of the molecule is Cc1cc2nccc(Sc3ncc(NC(=O)Nc4cccc(Cl)c4)s3)c2cc1C. The zero-order valence-electron chi connectivity index (χ0n) is 15.7. The minimum atomic E-state index is -0.340. The third-order valence-electron chi connectivity index (χ3n) is 4.32. The maximum Gasteiger partial charge on any atom is 0.324 e. The summed E-state index contributed by atoms with van der Waals surface area (Å²) in [5.74, 6) is 0. The maximum atomic E-state index is 12.2. The molecular formula is C21H17ClN4OS2. The van der Waals surface area contributed by atoms with Crippen molar-refractivity contribution in [3.05, 3.63) is 71.0 Å². The molecule has 4 rings (SSSR count). The zero-order valence-corrected chi connectivity index (χ0v) is 18.1. The predicted octanol–water partition coefficient (Wildman–Crippen LogP) is 6.76. The topological polar surface area (TPSA) is 66.9 Å². The summed E-state index contributed by atoms with van der Waals surface area (Å²) in [6.45, 7) is 4.18. The van der Waals surface area contributed by atoms with Crippen molar-refractivity contribution in [2.45, 2.75) is 23.1 Å². The Labute approximate surface area is 181 Å². The number of fused-ring (bicyclic) bond motifs is 1. The highest BCUT2D eigenvalue weighted by Crippen LogP contribution is 2.37. The highest BCUT2D eigenvalue weighted by Gasteiger charge is 2.11. The van der Waals surface area contributed by atoms with Gasteiger partial charge in [0, 0.05) is 27.2 Å². The highest BCUT2D eigenvalue weighted by molar-refractivity contribution is 8.01. The van der Waals surface area contributed by atoms with Gasteiger partial charge in [0.15, 0.2) is 4.34 Å². The fourth-order valence-electron chi connectivity index (χ4n) is 2.77. The van der Waals surface area contributed by atoms with Crippen molar-refractivity contribution in [3.8, 4) is 0 Å². The van der Waals surface area contributed by atoms with Gasteiger partial charge in [0.1, 0.15) is 5.00 Å². The van der Waals surface area contributed by atoms with Crippen LogP contribution >= 0.6 is 34.7 Å². The molecule has 5 nitrogen and oxygen atoms in total. The number of anilines is 2. The molecule has 0 radical (unpaired) electrons. The molecule has 2 heterocycles. The summed E-state index contributed by atoms with van der Waals surface area (Å²) in [6, 6.07) is 12.9. The zero-order chi connectivity index (χ0) is 20.4. The molecular weight excluding hydrogens is 424 g/mol. The Morgan fingerprint density at radius 1 is 1.07 bits per heavy atom. The summed E-state index contributed by atoms with van der Waals surface area (Å²) in [5.41, 5.74) is 4.04. The Hall–Kier alpha value is -2.61. The average Bonchev–Trinajstić information content (AvgIpc) is 3.10. The van der Waals surface area contributed by atoms with E-state index in [0.717, 1.165) is 20.1 Å². The van der Waals surface area contributed by atoms with Crippen LogP contribution in [0.4, 0.5) is 15.5 Å². The summed E-state index contributed by atoms with van der Waals surface area (Å²) >= 11 is 8.92. The van der Waals surface area contributed by atoms with Gasteiger partial charge < -0.3 is 5.32 Å². The number of thiazole rings is 1. The first-order chi connectivity index (χ1) is 14.0. The van der Waals surface area contributed by atoms with Gasteiger partial charge in [0.25, 0.3) is 0 Å². The molecule has 0 aliphatic heterocycles. The number of halogens is 1. The summed E-state index contributed by atoms with van der Waals surface area (Å²) < 4.78 is 0.841. The second-order valence-electron chi connectivity index (χ2n) is 6.44.